The number of carbonyl (C=O) groups is 1. The SMILES string of the molecule is O=C(NCCCCc1ccc(F)cc1)c1ccncc1. The van der Waals surface area contributed by atoms with Crippen LogP contribution in [-0.4, -0.2) is 17.4 Å². The number of unbranched alkanes of at least 4 members (excludes halogenated alkanes) is 1. The molecule has 0 bridgehead atoms. The molecule has 0 spiro atoms. The highest BCUT2D eigenvalue weighted by atomic mass is 19.1. The molecular formula is C16H17FN2O. The molecule has 1 heterocycles. The summed E-state index contributed by atoms with van der Waals surface area (Å²) in [6.07, 6.45) is 5.95. The molecule has 20 heavy (non-hydrogen) atoms. The Morgan fingerprint density at radius 1 is 1.05 bits per heavy atom. The number of nitrogens with zero attached hydrogens (tertiary/aromatic N) is 1. The summed E-state index contributed by atoms with van der Waals surface area (Å²) >= 11 is 0. The fourth-order valence-electron chi connectivity index (χ4n) is 1.91. The van der Waals surface area contributed by atoms with Crippen LogP contribution in [0.4, 0.5) is 4.39 Å². The maximum Gasteiger partial charge on any atom is 0.251 e. The van der Waals surface area contributed by atoms with Crippen LogP contribution in [0.25, 0.3) is 0 Å². The van der Waals surface area contributed by atoms with Gasteiger partial charge in [0.05, 0.1) is 0 Å². The van der Waals surface area contributed by atoms with Gasteiger partial charge in [-0.25, -0.2) is 4.39 Å². The lowest BCUT2D eigenvalue weighted by molar-refractivity contribution is 0.0953. The molecule has 0 aliphatic rings. The highest BCUT2D eigenvalue weighted by Gasteiger charge is 2.03. The van der Waals surface area contributed by atoms with E-state index in [9.17, 15) is 9.18 Å². The van der Waals surface area contributed by atoms with Gasteiger partial charge in [0.1, 0.15) is 5.82 Å². The zero-order chi connectivity index (χ0) is 14.2. The van der Waals surface area contributed by atoms with E-state index in [1.807, 2.05) is 0 Å². The van der Waals surface area contributed by atoms with Crippen LogP contribution < -0.4 is 5.32 Å². The van der Waals surface area contributed by atoms with Crippen molar-refractivity contribution in [2.45, 2.75) is 19.3 Å². The quantitative estimate of drug-likeness (QED) is 0.821. The van der Waals surface area contributed by atoms with Crippen LogP contribution >= 0.6 is 0 Å². The Morgan fingerprint density at radius 3 is 2.45 bits per heavy atom. The average molecular weight is 272 g/mol. The van der Waals surface area contributed by atoms with Crippen molar-refractivity contribution < 1.29 is 9.18 Å². The monoisotopic (exact) mass is 272 g/mol. The molecule has 0 saturated carbocycles. The Bertz CT molecular complexity index is 540. The fourth-order valence-corrected chi connectivity index (χ4v) is 1.91. The molecule has 104 valence electrons. The Hall–Kier alpha value is -2.23. The summed E-state index contributed by atoms with van der Waals surface area (Å²) in [5.41, 5.74) is 1.74. The summed E-state index contributed by atoms with van der Waals surface area (Å²) in [5, 5.41) is 2.87. The van der Waals surface area contributed by atoms with Crippen molar-refractivity contribution in [2.24, 2.45) is 0 Å². The second-order valence-electron chi connectivity index (χ2n) is 4.58. The second kappa shape index (κ2) is 7.38. The Balaban J connectivity index is 1.64. The topological polar surface area (TPSA) is 42.0 Å². The van der Waals surface area contributed by atoms with E-state index in [4.69, 9.17) is 0 Å². The van der Waals surface area contributed by atoms with Gasteiger partial charge in [0, 0.05) is 24.5 Å². The maximum absolute atomic E-state index is 12.7. The maximum atomic E-state index is 12.7. The first-order chi connectivity index (χ1) is 9.75. The van der Waals surface area contributed by atoms with Crippen molar-refractivity contribution in [3.8, 4) is 0 Å². The molecule has 1 aromatic heterocycles. The van der Waals surface area contributed by atoms with Gasteiger partial charge in [-0.3, -0.25) is 9.78 Å². The van der Waals surface area contributed by atoms with Crippen molar-refractivity contribution in [3.63, 3.8) is 0 Å². The van der Waals surface area contributed by atoms with Gasteiger partial charge in [0.15, 0.2) is 0 Å². The molecule has 4 heteroatoms. The fraction of sp³-hybridized carbons (Fsp3) is 0.250. The van der Waals surface area contributed by atoms with Crippen LogP contribution in [-0.2, 0) is 6.42 Å². The first-order valence-electron chi connectivity index (χ1n) is 6.68. The molecule has 2 aromatic rings. The molecule has 1 aromatic carbocycles. The molecule has 1 amide bonds. The third-order valence-electron chi connectivity index (χ3n) is 3.03. The van der Waals surface area contributed by atoms with Crippen LogP contribution in [0.2, 0.25) is 0 Å². The van der Waals surface area contributed by atoms with E-state index in [0.29, 0.717) is 12.1 Å². The summed E-state index contributed by atoms with van der Waals surface area (Å²) in [5.74, 6) is -0.285. The van der Waals surface area contributed by atoms with Gasteiger partial charge >= 0.3 is 0 Å². The summed E-state index contributed by atoms with van der Waals surface area (Å²) in [6.45, 7) is 0.641. The van der Waals surface area contributed by atoms with Crippen LogP contribution in [0.1, 0.15) is 28.8 Å². The minimum absolute atomic E-state index is 0.0748. The first kappa shape index (κ1) is 14.2. The smallest absolute Gasteiger partial charge is 0.251 e. The number of hydrogen-bond acceptors (Lipinski definition) is 2. The van der Waals surface area contributed by atoms with Gasteiger partial charge in [0.25, 0.3) is 5.91 Å². The molecule has 0 aliphatic carbocycles. The third kappa shape index (κ3) is 4.46. The third-order valence-corrected chi connectivity index (χ3v) is 3.03. The van der Waals surface area contributed by atoms with Gasteiger partial charge in [-0.05, 0) is 49.1 Å². The minimum atomic E-state index is -0.210. The standard InChI is InChI=1S/C16H17FN2O/c17-15-6-4-13(5-7-15)3-1-2-10-19-16(20)14-8-11-18-12-9-14/h4-9,11-12H,1-3,10H2,(H,19,20). The average Bonchev–Trinajstić information content (AvgIpc) is 2.49. The van der Waals surface area contributed by atoms with E-state index in [0.717, 1.165) is 24.8 Å². The zero-order valence-corrected chi connectivity index (χ0v) is 11.2. The number of hydrogen-bond donors (Lipinski definition) is 1. The van der Waals surface area contributed by atoms with E-state index in [1.54, 1.807) is 36.7 Å². The minimum Gasteiger partial charge on any atom is -0.352 e. The van der Waals surface area contributed by atoms with Gasteiger partial charge < -0.3 is 5.32 Å². The van der Waals surface area contributed by atoms with E-state index >= 15 is 0 Å². The molecule has 0 fully saturated rings. The van der Waals surface area contributed by atoms with E-state index in [1.165, 1.54) is 12.1 Å². The van der Waals surface area contributed by atoms with E-state index < -0.39 is 0 Å². The summed E-state index contributed by atoms with van der Waals surface area (Å²) in [4.78, 5) is 15.6. The number of halogens is 1. The lowest BCUT2D eigenvalue weighted by Gasteiger charge is -2.05. The number of benzene rings is 1. The number of aromatic nitrogens is 1. The Labute approximate surface area is 117 Å². The molecular weight excluding hydrogens is 255 g/mol. The second-order valence-corrected chi connectivity index (χ2v) is 4.58. The Kier molecular flexibility index (Phi) is 5.24. The van der Waals surface area contributed by atoms with Crippen molar-refractivity contribution in [3.05, 3.63) is 65.7 Å². The molecule has 3 nitrogen and oxygen atoms in total. The van der Waals surface area contributed by atoms with Crippen molar-refractivity contribution in [2.75, 3.05) is 6.54 Å². The number of nitrogens with one attached hydrogen (secondary N) is 1. The van der Waals surface area contributed by atoms with Crippen molar-refractivity contribution >= 4 is 5.91 Å². The lowest BCUT2D eigenvalue weighted by Crippen LogP contribution is -2.24. The number of amides is 1. The Morgan fingerprint density at radius 2 is 1.75 bits per heavy atom. The molecule has 0 unspecified atom stereocenters. The summed E-state index contributed by atoms with van der Waals surface area (Å²) in [6, 6.07) is 9.92. The van der Waals surface area contributed by atoms with E-state index in [2.05, 4.69) is 10.3 Å². The predicted octanol–water partition coefficient (Wildman–Crippen LogP) is 2.97. The first-order valence-corrected chi connectivity index (χ1v) is 6.68. The van der Waals surface area contributed by atoms with Gasteiger partial charge in [-0.2, -0.15) is 0 Å². The lowest BCUT2D eigenvalue weighted by atomic mass is 10.1. The molecule has 0 radical (unpaired) electrons. The van der Waals surface area contributed by atoms with Crippen LogP contribution in [0.5, 0.6) is 0 Å². The molecule has 0 aliphatic heterocycles. The van der Waals surface area contributed by atoms with Crippen LogP contribution in [0, 0.1) is 5.82 Å². The van der Waals surface area contributed by atoms with Gasteiger partial charge in [0.2, 0.25) is 0 Å². The molecule has 1 N–H and O–H groups in total. The highest BCUT2D eigenvalue weighted by molar-refractivity contribution is 5.93. The van der Waals surface area contributed by atoms with Gasteiger partial charge in [-0.1, -0.05) is 12.1 Å². The van der Waals surface area contributed by atoms with Crippen molar-refractivity contribution in [1.29, 1.82) is 0 Å². The number of aryl methyl sites for hydroxylation is 1. The van der Waals surface area contributed by atoms with Crippen LogP contribution in [0.15, 0.2) is 48.8 Å². The zero-order valence-electron chi connectivity index (χ0n) is 11.2. The van der Waals surface area contributed by atoms with E-state index in [-0.39, 0.29) is 11.7 Å². The van der Waals surface area contributed by atoms with Crippen LogP contribution in [0.3, 0.4) is 0 Å². The van der Waals surface area contributed by atoms with Crippen molar-refractivity contribution in [1.82, 2.24) is 10.3 Å². The molecule has 2 rings (SSSR count). The molecule has 0 atom stereocenters. The predicted molar refractivity (Wildman–Crippen MR) is 75.9 cm³/mol. The number of pyridine rings is 1. The number of rotatable bonds is 6. The molecule has 0 saturated heterocycles. The number of carbonyl (C=O) groups excluding carboxylic acids is 1. The summed E-state index contributed by atoms with van der Waals surface area (Å²) in [7, 11) is 0. The normalized spacial score (nSPS) is 10.2. The largest absolute Gasteiger partial charge is 0.352 e. The summed E-state index contributed by atoms with van der Waals surface area (Å²) < 4.78 is 12.7. The highest BCUT2D eigenvalue weighted by Crippen LogP contribution is 2.06. The van der Waals surface area contributed by atoms with Gasteiger partial charge in [-0.15, -0.1) is 0 Å².